The third kappa shape index (κ3) is 2.38. The van der Waals surface area contributed by atoms with Gasteiger partial charge in [-0.2, -0.15) is 0 Å². The average molecular weight is 323 g/mol. The van der Waals surface area contributed by atoms with Crippen LogP contribution in [0.25, 0.3) is 10.2 Å². The van der Waals surface area contributed by atoms with Gasteiger partial charge in [0.1, 0.15) is 10.7 Å². The quantitative estimate of drug-likeness (QED) is 0.781. The average Bonchev–Trinajstić information content (AvgIpc) is 2.71. The molecule has 3 aromatic heterocycles. The van der Waals surface area contributed by atoms with E-state index in [9.17, 15) is 9.59 Å². The molecule has 6 nitrogen and oxygen atoms in total. The Kier molecular flexibility index (Phi) is 3.38. The predicted octanol–water partition coefficient (Wildman–Crippen LogP) is 1.86. The summed E-state index contributed by atoms with van der Waals surface area (Å²) < 4.78 is 1.35. The molecule has 0 radical (unpaired) electrons. The van der Waals surface area contributed by atoms with Crippen LogP contribution in [0.4, 0.5) is 0 Å². The minimum absolute atomic E-state index is 0.108. The molecule has 8 heteroatoms. The highest BCUT2D eigenvalue weighted by atomic mass is 35.5. The van der Waals surface area contributed by atoms with Gasteiger partial charge < -0.3 is 9.55 Å². The summed E-state index contributed by atoms with van der Waals surface area (Å²) in [5.74, 6) is 0.415. The normalized spacial score (nSPS) is 11.2. The van der Waals surface area contributed by atoms with Crippen LogP contribution in [0.3, 0.4) is 0 Å². The predicted molar refractivity (Wildman–Crippen MR) is 82.3 cm³/mol. The summed E-state index contributed by atoms with van der Waals surface area (Å²) in [7, 11) is 0. The van der Waals surface area contributed by atoms with Crippen molar-refractivity contribution in [2.24, 2.45) is 0 Å². The van der Waals surface area contributed by atoms with E-state index in [4.69, 9.17) is 11.6 Å². The second-order valence-electron chi connectivity index (χ2n) is 4.63. The van der Waals surface area contributed by atoms with E-state index in [0.717, 1.165) is 10.4 Å². The largest absolute Gasteiger partial charge is 0.308 e. The number of halogens is 1. The second kappa shape index (κ2) is 5.09. The number of rotatable bonds is 2. The summed E-state index contributed by atoms with van der Waals surface area (Å²) in [6.07, 6.45) is 2.93. The van der Waals surface area contributed by atoms with E-state index in [1.54, 1.807) is 0 Å². The molecule has 21 heavy (non-hydrogen) atoms. The molecule has 0 saturated heterocycles. The van der Waals surface area contributed by atoms with Crippen LogP contribution in [0.2, 0.25) is 5.15 Å². The number of aromatic nitrogens is 4. The number of aryl methyl sites for hydroxylation is 2. The van der Waals surface area contributed by atoms with Gasteiger partial charge in [0, 0.05) is 17.3 Å². The fourth-order valence-electron chi connectivity index (χ4n) is 2.08. The minimum Gasteiger partial charge on any atom is -0.308 e. The first kappa shape index (κ1) is 14.0. The third-order valence-corrected chi connectivity index (χ3v) is 4.64. The van der Waals surface area contributed by atoms with Crippen LogP contribution in [-0.4, -0.2) is 19.5 Å². The third-order valence-electron chi connectivity index (χ3n) is 3.28. The standard InChI is InChI=1S/C13H11ClN4O2S/c1-6-7(2)21-12-9(6)11(19)16-8(17-12)5-18-4-3-15-10(14)13(18)20/h3-4H,5H2,1-2H3,(H,16,17,19). The number of nitrogens with one attached hydrogen (secondary N) is 1. The minimum atomic E-state index is -0.416. The first-order chi connectivity index (χ1) is 9.97. The van der Waals surface area contributed by atoms with E-state index < -0.39 is 5.56 Å². The molecule has 3 rings (SSSR count). The van der Waals surface area contributed by atoms with E-state index in [2.05, 4.69) is 15.0 Å². The summed E-state index contributed by atoms with van der Waals surface area (Å²) >= 11 is 7.16. The Balaban J connectivity index is 2.12. The summed E-state index contributed by atoms with van der Waals surface area (Å²) in [4.78, 5) is 36.6. The molecular formula is C13H11ClN4O2S. The first-order valence-corrected chi connectivity index (χ1v) is 7.36. The maximum absolute atomic E-state index is 12.2. The maximum Gasteiger partial charge on any atom is 0.288 e. The lowest BCUT2D eigenvalue weighted by atomic mass is 10.2. The van der Waals surface area contributed by atoms with Crippen molar-refractivity contribution >= 4 is 33.2 Å². The zero-order valence-corrected chi connectivity index (χ0v) is 12.9. The summed E-state index contributed by atoms with van der Waals surface area (Å²) in [6.45, 7) is 3.99. The zero-order chi connectivity index (χ0) is 15.1. The molecule has 0 aliphatic rings. The Labute approximate surface area is 128 Å². The lowest BCUT2D eigenvalue weighted by molar-refractivity contribution is 0.708. The van der Waals surface area contributed by atoms with E-state index in [0.29, 0.717) is 16.0 Å². The topological polar surface area (TPSA) is 80.6 Å². The van der Waals surface area contributed by atoms with Gasteiger partial charge in [-0.25, -0.2) is 9.97 Å². The van der Waals surface area contributed by atoms with Gasteiger partial charge in [0.05, 0.1) is 11.9 Å². The van der Waals surface area contributed by atoms with Crippen molar-refractivity contribution in [2.45, 2.75) is 20.4 Å². The van der Waals surface area contributed by atoms with Crippen molar-refractivity contribution in [3.63, 3.8) is 0 Å². The molecule has 0 bridgehead atoms. The number of hydrogen-bond donors (Lipinski definition) is 1. The summed E-state index contributed by atoms with van der Waals surface area (Å²) in [5.41, 5.74) is 0.338. The van der Waals surface area contributed by atoms with Crippen LogP contribution in [0.15, 0.2) is 22.0 Å². The molecule has 0 fully saturated rings. The van der Waals surface area contributed by atoms with Crippen molar-refractivity contribution in [1.82, 2.24) is 19.5 Å². The lowest BCUT2D eigenvalue weighted by Gasteiger charge is -2.04. The molecule has 0 saturated carbocycles. The van der Waals surface area contributed by atoms with Crippen LogP contribution in [-0.2, 0) is 6.54 Å². The Bertz CT molecular complexity index is 957. The molecule has 0 spiro atoms. The van der Waals surface area contributed by atoms with Gasteiger partial charge in [0.25, 0.3) is 11.1 Å². The first-order valence-electron chi connectivity index (χ1n) is 6.17. The summed E-state index contributed by atoms with van der Waals surface area (Å²) in [5, 5.41) is 0.505. The molecule has 0 aliphatic carbocycles. The molecule has 3 heterocycles. The van der Waals surface area contributed by atoms with Crippen molar-refractivity contribution in [3.8, 4) is 0 Å². The molecule has 108 valence electrons. The van der Waals surface area contributed by atoms with Gasteiger partial charge in [0.2, 0.25) is 0 Å². The molecule has 0 aromatic carbocycles. The van der Waals surface area contributed by atoms with Gasteiger partial charge >= 0.3 is 0 Å². The fraction of sp³-hybridized carbons (Fsp3) is 0.231. The van der Waals surface area contributed by atoms with Gasteiger partial charge in [-0.3, -0.25) is 9.59 Å². The van der Waals surface area contributed by atoms with Crippen LogP contribution in [0, 0.1) is 13.8 Å². The fourth-order valence-corrected chi connectivity index (χ4v) is 3.29. The van der Waals surface area contributed by atoms with Crippen molar-refractivity contribution in [1.29, 1.82) is 0 Å². The van der Waals surface area contributed by atoms with E-state index >= 15 is 0 Å². The van der Waals surface area contributed by atoms with Crippen LogP contribution in [0.1, 0.15) is 16.3 Å². The highest BCUT2D eigenvalue weighted by molar-refractivity contribution is 7.18. The Morgan fingerprint density at radius 1 is 1.38 bits per heavy atom. The van der Waals surface area contributed by atoms with Gasteiger partial charge in [-0.15, -0.1) is 11.3 Å². The van der Waals surface area contributed by atoms with Gasteiger partial charge in [0.15, 0.2) is 5.15 Å². The van der Waals surface area contributed by atoms with Crippen LogP contribution >= 0.6 is 22.9 Å². The molecule has 1 N–H and O–H groups in total. The Morgan fingerprint density at radius 2 is 2.14 bits per heavy atom. The van der Waals surface area contributed by atoms with E-state index in [1.165, 1.54) is 28.3 Å². The van der Waals surface area contributed by atoms with Gasteiger partial charge in [-0.05, 0) is 19.4 Å². The monoisotopic (exact) mass is 322 g/mol. The van der Waals surface area contributed by atoms with Crippen LogP contribution < -0.4 is 11.1 Å². The van der Waals surface area contributed by atoms with Crippen molar-refractivity contribution < 1.29 is 0 Å². The SMILES string of the molecule is Cc1sc2nc(Cn3ccnc(Cl)c3=O)[nH]c(=O)c2c1C. The smallest absolute Gasteiger partial charge is 0.288 e. The number of fused-ring (bicyclic) bond motifs is 1. The molecule has 3 aromatic rings. The highest BCUT2D eigenvalue weighted by Crippen LogP contribution is 2.25. The number of thiophene rings is 1. The number of nitrogens with zero attached hydrogens (tertiary/aromatic N) is 3. The van der Waals surface area contributed by atoms with E-state index in [1.807, 2.05) is 13.8 Å². The lowest BCUT2D eigenvalue weighted by Crippen LogP contribution is -2.23. The van der Waals surface area contributed by atoms with Crippen molar-refractivity contribution in [3.05, 3.63) is 54.5 Å². The molecule has 0 atom stereocenters. The number of aromatic amines is 1. The zero-order valence-electron chi connectivity index (χ0n) is 11.3. The Morgan fingerprint density at radius 3 is 2.90 bits per heavy atom. The highest BCUT2D eigenvalue weighted by Gasteiger charge is 2.12. The molecular weight excluding hydrogens is 312 g/mol. The second-order valence-corrected chi connectivity index (χ2v) is 6.19. The number of H-pyrrole nitrogens is 1. The number of hydrogen-bond acceptors (Lipinski definition) is 5. The maximum atomic E-state index is 12.2. The molecule has 0 amide bonds. The van der Waals surface area contributed by atoms with Crippen LogP contribution in [0.5, 0.6) is 0 Å². The molecule has 0 unspecified atom stereocenters. The van der Waals surface area contributed by atoms with E-state index in [-0.39, 0.29) is 17.3 Å². The van der Waals surface area contributed by atoms with Gasteiger partial charge in [-0.1, -0.05) is 11.6 Å². The molecule has 0 aliphatic heterocycles. The summed E-state index contributed by atoms with van der Waals surface area (Å²) in [6, 6.07) is 0. The van der Waals surface area contributed by atoms with Crippen molar-refractivity contribution in [2.75, 3.05) is 0 Å². The Hall–Kier alpha value is -1.99.